The molecule has 0 heterocycles. The summed E-state index contributed by atoms with van der Waals surface area (Å²) in [6.07, 6.45) is 1.17. The third kappa shape index (κ3) is 5.47. The van der Waals surface area contributed by atoms with Crippen LogP contribution in [0.5, 0.6) is 0 Å². The first kappa shape index (κ1) is 14.8. The van der Waals surface area contributed by atoms with Gasteiger partial charge in [0.15, 0.2) is 5.85 Å². The summed E-state index contributed by atoms with van der Waals surface area (Å²) in [5, 5.41) is 9.68. The Bertz CT molecular complexity index is 224. The lowest BCUT2D eigenvalue weighted by Gasteiger charge is -2.26. The Balaban J connectivity index is 4.67. The molecule has 1 N–H and O–H groups in total. The maximum absolute atomic E-state index is 12.2. The van der Waals surface area contributed by atoms with Gasteiger partial charge >= 0.3 is 7.60 Å². The van der Waals surface area contributed by atoms with Crippen LogP contribution in [0.4, 0.5) is 0 Å². The molecular formula is C10H21O4P. The van der Waals surface area contributed by atoms with Gasteiger partial charge in [0, 0.05) is 6.42 Å². The topological polar surface area (TPSA) is 55.8 Å². The van der Waals surface area contributed by atoms with Crippen molar-refractivity contribution in [3.8, 4) is 0 Å². The van der Waals surface area contributed by atoms with Gasteiger partial charge in [-0.15, -0.1) is 6.58 Å². The predicted octanol–water partition coefficient (Wildman–Crippen LogP) is 2.92. The molecule has 0 amide bonds. The van der Waals surface area contributed by atoms with Crippen molar-refractivity contribution in [1.29, 1.82) is 0 Å². The van der Waals surface area contributed by atoms with E-state index in [9.17, 15) is 9.67 Å². The fourth-order valence-electron chi connectivity index (χ4n) is 1.03. The molecule has 15 heavy (non-hydrogen) atoms. The lowest BCUT2D eigenvalue weighted by atomic mass is 10.5. The van der Waals surface area contributed by atoms with Crippen molar-refractivity contribution in [2.24, 2.45) is 0 Å². The molecule has 90 valence electrons. The summed E-state index contributed by atoms with van der Waals surface area (Å²) >= 11 is 0. The fraction of sp³-hybridized carbons (Fsp3) is 0.800. The first-order chi connectivity index (χ1) is 6.81. The molecule has 5 heteroatoms. The van der Waals surface area contributed by atoms with Gasteiger partial charge in [0.25, 0.3) is 0 Å². The van der Waals surface area contributed by atoms with E-state index in [1.165, 1.54) is 6.08 Å². The lowest BCUT2D eigenvalue weighted by molar-refractivity contribution is 0.102. The SMILES string of the molecule is C=CC[C@H](O)P(=O)(OC(C)C)OC(C)C. The smallest absolute Gasteiger partial charge is 0.359 e. The van der Waals surface area contributed by atoms with E-state index in [0.29, 0.717) is 0 Å². The zero-order valence-corrected chi connectivity index (χ0v) is 10.7. The third-order valence-corrected chi connectivity index (χ3v) is 3.83. The van der Waals surface area contributed by atoms with E-state index in [1.54, 1.807) is 27.7 Å². The number of hydrogen-bond donors (Lipinski definition) is 1. The van der Waals surface area contributed by atoms with Crippen LogP contribution < -0.4 is 0 Å². The summed E-state index contributed by atoms with van der Waals surface area (Å²) < 4.78 is 22.6. The average molecular weight is 236 g/mol. The normalized spacial score (nSPS) is 14.6. The van der Waals surface area contributed by atoms with Crippen LogP contribution in [-0.2, 0) is 13.6 Å². The molecule has 0 aliphatic heterocycles. The van der Waals surface area contributed by atoms with Crippen molar-refractivity contribution in [1.82, 2.24) is 0 Å². The summed E-state index contributed by atoms with van der Waals surface area (Å²) in [4.78, 5) is 0. The van der Waals surface area contributed by atoms with E-state index in [1.807, 2.05) is 0 Å². The van der Waals surface area contributed by atoms with Crippen molar-refractivity contribution >= 4 is 7.60 Å². The lowest BCUT2D eigenvalue weighted by Crippen LogP contribution is -2.17. The molecule has 0 aromatic carbocycles. The molecule has 0 spiro atoms. The maximum atomic E-state index is 12.2. The Morgan fingerprint density at radius 2 is 1.67 bits per heavy atom. The van der Waals surface area contributed by atoms with E-state index in [2.05, 4.69) is 6.58 Å². The van der Waals surface area contributed by atoms with Crippen molar-refractivity contribution < 1.29 is 18.7 Å². The Kier molecular flexibility index (Phi) is 6.37. The molecule has 0 aliphatic rings. The minimum Gasteiger partial charge on any atom is -0.380 e. The van der Waals surface area contributed by atoms with E-state index in [-0.39, 0.29) is 18.6 Å². The molecule has 0 radical (unpaired) electrons. The quantitative estimate of drug-likeness (QED) is 0.545. The van der Waals surface area contributed by atoms with Crippen molar-refractivity contribution in [2.75, 3.05) is 0 Å². The molecule has 0 aromatic heterocycles. The highest BCUT2D eigenvalue weighted by Gasteiger charge is 2.35. The van der Waals surface area contributed by atoms with Crippen molar-refractivity contribution in [2.45, 2.75) is 52.2 Å². The van der Waals surface area contributed by atoms with Gasteiger partial charge < -0.3 is 14.2 Å². The Hall–Kier alpha value is -0.150. The second-order valence-corrected chi connectivity index (χ2v) is 5.95. The van der Waals surface area contributed by atoms with Crippen molar-refractivity contribution in [3.63, 3.8) is 0 Å². The van der Waals surface area contributed by atoms with Crippen LogP contribution in [0.3, 0.4) is 0 Å². The molecule has 0 unspecified atom stereocenters. The van der Waals surface area contributed by atoms with Crippen LogP contribution in [0.2, 0.25) is 0 Å². The molecule has 0 saturated carbocycles. The van der Waals surface area contributed by atoms with Gasteiger partial charge in [-0.3, -0.25) is 4.57 Å². The third-order valence-electron chi connectivity index (χ3n) is 1.46. The Morgan fingerprint density at radius 1 is 1.27 bits per heavy atom. The van der Waals surface area contributed by atoms with Crippen molar-refractivity contribution in [3.05, 3.63) is 12.7 Å². The minimum absolute atomic E-state index is 0.191. The first-order valence-electron chi connectivity index (χ1n) is 5.07. The first-order valence-corrected chi connectivity index (χ1v) is 6.68. The highest BCUT2D eigenvalue weighted by atomic mass is 31.2. The molecule has 0 aromatic rings. The van der Waals surface area contributed by atoms with Gasteiger partial charge in [-0.2, -0.15) is 0 Å². The van der Waals surface area contributed by atoms with Crippen LogP contribution in [0.25, 0.3) is 0 Å². The Labute approximate surface area is 91.8 Å². The van der Waals surface area contributed by atoms with Gasteiger partial charge in [-0.1, -0.05) is 6.08 Å². The van der Waals surface area contributed by atoms with E-state index in [0.717, 1.165) is 0 Å². The van der Waals surface area contributed by atoms with Gasteiger partial charge in [0.05, 0.1) is 12.2 Å². The minimum atomic E-state index is -3.45. The monoisotopic (exact) mass is 236 g/mol. The fourth-order valence-corrected chi connectivity index (χ4v) is 2.94. The molecule has 1 atom stereocenters. The largest absolute Gasteiger partial charge is 0.380 e. The second-order valence-electron chi connectivity index (χ2n) is 3.85. The van der Waals surface area contributed by atoms with E-state index < -0.39 is 13.4 Å². The summed E-state index contributed by atoms with van der Waals surface area (Å²) in [7, 11) is -3.45. The summed E-state index contributed by atoms with van der Waals surface area (Å²) in [5.74, 6) is -1.14. The number of rotatable bonds is 7. The van der Waals surface area contributed by atoms with Crippen LogP contribution in [0, 0.1) is 0 Å². The molecule has 4 nitrogen and oxygen atoms in total. The summed E-state index contributed by atoms with van der Waals surface area (Å²) in [6, 6.07) is 0. The zero-order valence-electron chi connectivity index (χ0n) is 9.84. The number of aliphatic hydroxyl groups excluding tert-OH is 1. The molecule has 0 rings (SSSR count). The molecule has 0 aliphatic carbocycles. The maximum Gasteiger partial charge on any atom is 0.359 e. The van der Waals surface area contributed by atoms with Gasteiger partial charge in [0.1, 0.15) is 0 Å². The summed E-state index contributed by atoms with van der Waals surface area (Å²) in [5.41, 5.74) is 0. The standard InChI is InChI=1S/C10H21O4P/c1-6-7-10(11)15(12,13-8(2)3)14-9(4)5/h6,8-11H,1,7H2,2-5H3/t10-/m1/s1. The number of aliphatic hydroxyl groups is 1. The van der Waals surface area contributed by atoms with Crippen LogP contribution in [0.15, 0.2) is 12.7 Å². The van der Waals surface area contributed by atoms with Gasteiger partial charge in [-0.05, 0) is 27.7 Å². The van der Waals surface area contributed by atoms with Gasteiger partial charge in [0.2, 0.25) is 0 Å². The zero-order chi connectivity index (χ0) is 12.1. The average Bonchev–Trinajstić information content (AvgIpc) is 2.01. The van der Waals surface area contributed by atoms with E-state index >= 15 is 0 Å². The molecule has 0 fully saturated rings. The van der Waals surface area contributed by atoms with Crippen LogP contribution in [0.1, 0.15) is 34.1 Å². The highest BCUT2D eigenvalue weighted by Crippen LogP contribution is 2.55. The molecular weight excluding hydrogens is 215 g/mol. The molecule has 0 bridgehead atoms. The predicted molar refractivity (Wildman–Crippen MR) is 60.9 cm³/mol. The number of hydrogen-bond acceptors (Lipinski definition) is 4. The van der Waals surface area contributed by atoms with Gasteiger partial charge in [-0.25, -0.2) is 0 Å². The Morgan fingerprint density at radius 3 is 1.93 bits per heavy atom. The van der Waals surface area contributed by atoms with E-state index in [4.69, 9.17) is 9.05 Å². The highest BCUT2D eigenvalue weighted by molar-refractivity contribution is 7.54. The summed E-state index contributed by atoms with van der Waals surface area (Å²) in [6.45, 7) is 10.5. The second kappa shape index (κ2) is 6.44. The van der Waals surface area contributed by atoms with Crippen LogP contribution >= 0.6 is 7.60 Å². The van der Waals surface area contributed by atoms with Crippen LogP contribution in [-0.4, -0.2) is 23.2 Å². The molecule has 0 saturated heterocycles.